The van der Waals surface area contributed by atoms with E-state index in [4.69, 9.17) is 10.8 Å². The lowest BCUT2D eigenvalue weighted by Crippen LogP contribution is -2.12. The van der Waals surface area contributed by atoms with Gasteiger partial charge in [0, 0.05) is 18.3 Å². The Balaban J connectivity index is 1.86. The van der Waals surface area contributed by atoms with Crippen LogP contribution < -0.4 is 11.1 Å². The summed E-state index contributed by atoms with van der Waals surface area (Å²) in [5, 5.41) is 15.1. The molecule has 110 valence electrons. The number of hydrogen-bond donors (Lipinski definition) is 3. The summed E-state index contributed by atoms with van der Waals surface area (Å²) in [5.74, 6) is -1.16. The van der Waals surface area contributed by atoms with E-state index in [0.29, 0.717) is 24.2 Å². The number of rotatable bonds is 6. The molecular formula is C14H16N4O3. The number of carbonyl (C=O) groups excluding carboxylic acids is 1. The Labute approximate surface area is 121 Å². The predicted molar refractivity (Wildman–Crippen MR) is 77.7 cm³/mol. The van der Waals surface area contributed by atoms with Crippen LogP contribution in [-0.4, -0.2) is 26.8 Å². The Morgan fingerprint density at radius 1 is 1.33 bits per heavy atom. The minimum atomic E-state index is -0.990. The normalized spacial score (nSPS) is 10.3. The Bertz CT molecular complexity index is 651. The van der Waals surface area contributed by atoms with Gasteiger partial charge in [0.2, 0.25) is 5.91 Å². The van der Waals surface area contributed by atoms with Crippen molar-refractivity contribution in [2.75, 3.05) is 11.1 Å². The quantitative estimate of drug-likeness (QED) is 0.690. The molecule has 0 saturated carbocycles. The molecule has 1 heterocycles. The van der Waals surface area contributed by atoms with Gasteiger partial charge in [0.15, 0.2) is 0 Å². The van der Waals surface area contributed by atoms with Crippen molar-refractivity contribution in [2.45, 2.75) is 19.4 Å². The third-order valence-corrected chi connectivity index (χ3v) is 2.89. The number of nitrogens with zero attached hydrogens (tertiary/aromatic N) is 2. The number of anilines is 2. The second kappa shape index (κ2) is 6.56. The third-order valence-electron chi connectivity index (χ3n) is 2.89. The number of benzene rings is 1. The second-order valence-electron chi connectivity index (χ2n) is 4.57. The lowest BCUT2D eigenvalue weighted by Gasteiger charge is -2.05. The lowest BCUT2D eigenvalue weighted by atomic mass is 10.1. The largest absolute Gasteiger partial charge is 0.480 e. The number of nitrogen functional groups attached to an aromatic ring is 1. The van der Waals surface area contributed by atoms with Crippen molar-refractivity contribution in [1.29, 1.82) is 0 Å². The first-order valence-electron chi connectivity index (χ1n) is 6.42. The Kier molecular flexibility index (Phi) is 4.55. The molecule has 2 aromatic rings. The zero-order valence-electron chi connectivity index (χ0n) is 11.3. The van der Waals surface area contributed by atoms with E-state index in [2.05, 4.69) is 10.4 Å². The van der Waals surface area contributed by atoms with E-state index in [1.54, 1.807) is 6.07 Å². The van der Waals surface area contributed by atoms with Crippen LogP contribution in [0.5, 0.6) is 0 Å². The molecule has 0 atom stereocenters. The summed E-state index contributed by atoms with van der Waals surface area (Å²) >= 11 is 0. The maximum absolute atomic E-state index is 11.8. The van der Waals surface area contributed by atoms with Crippen LogP contribution in [0.3, 0.4) is 0 Å². The summed E-state index contributed by atoms with van der Waals surface area (Å²) < 4.78 is 1.24. The van der Waals surface area contributed by atoms with E-state index in [1.807, 2.05) is 18.2 Å². The van der Waals surface area contributed by atoms with Crippen LogP contribution in [0.2, 0.25) is 0 Å². The van der Waals surface area contributed by atoms with Gasteiger partial charge in [-0.05, 0) is 18.1 Å². The molecule has 0 unspecified atom stereocenters. The number of aromatic nitrogens is 2. The van der Waals surface area contributed by atoms with Gasteiger partial charge in [-0.2, -0.15) is 5.10 Å². The number of nitrogens with one attached hydrogen (secondary N) is 1. The molecule has 0 aliphatic rings. The van der Waals surface area contributed by atoms with Crippen LogP contribution in [-0.2, 0) is 22.6 Å². The van der Waals surface area contributed by atoms with Crippen molar-refractivity contribution in [1.82, 2.24) is 9.78 Å². The molecule has 1 amide bonds. The molecular weight excluding hydrogens is 272 g/mol. The summed E-state index contributed by atoms with van der Waals surface area (Å²) in [7, 11) is 0. The average Bonchev–Trinajstić information content (AvgIpc) is 2.84. The van der Waals surface area contributed by atoms with Crippen molar-refractivity contribution in [3.05, 3.63) is 42.2 Å². The molecule has 21 heavy (non-hydrogen) atoms. The molecule has 0 radical (unpaired) electrons. The molecule has 1 aromatic carbocycles. The molecule has 7 heteroatoms. The summed E-state index contributed by atoms with van der Waals surface area (Å²) in [6, 6.07) is 7.39. The van der Waals surface area contributed by atoms with Gasteiger partial charge in [0.05, 0.1) is 11.9 Å². The van der Waals surface area contributed by atoms with E-state index in [-0.39, 0.29) is 12.5 Å². The van der Waals surface area contributed by atoms with Gasteiger partial charge >= 0.3 is 5.97 Å². The highest BCUT2D eigenvalue weighted by atomic mass is 16.4. The minimum absolute atomic E-state index is 0.173. The van der Waals surface area contributed by atoms with Gasteiger partial charge in [-0.1, -0.05) is 18.2 Å². The first-order valence-corrected chi connectivity index (χ1v) is 6.42. The first kappa shape index (κ1) is 14.6. The number of carboxylic acid groups (broad SMARTS) is 1. The Morgan fingerprint density at radius 3 is 2.81 bits per heavy atom. The summed E-state index contributed by atoms with van der Waals surface area (Å²) in [5.41, 5.74) is 7.87. The van der Waals surface area contributed by atoms with Crippen LogP contribution in [0, 0.1) is 0 Å². The molecule has 2 rings (SSSR count). The highest BCUT2D eigenvalue weighted by molar-refractivity contribution is 5.90. The molecule has 0 saturated heterocycles. The second-order valence-corrected chi connectivity index (χ2v) is 4.57. The lowest BCUT2D eigenvalue weighted by molar-refractivity contribution is -0.137. The zero-order valence-corrected chi connectivity index (χ0v) is 11.3. The van der Waals surface area contributed by atoms with E-state index >= 15 is 0 Å². The number of aryl methyl sites for hydroxylation is 1. The van der Waals surface area contributed by atoms with E-state index in [1.165, 1.54) is 17.1 Å². The van der Waals surface area contributed by atoms with Gasteiger partial charge in [0.1, 0.15) is 6.54 Å². The minimum Gasteiger partial charge on any atom is -0.480 e. The summed E-state index contributed by atoms with van der Waals surface area (Å²) in [6.45, 7) is -0.240. The fourth-order valence-corrected chi connectivity index (χ4v) is 1.89. The molecule has 1 aromatic heterocycles. The predicted octanol–water partition coefficient (Wildman–Crippen LogP) is 1.12. The molecule has 0 fully saturated rings. The smallest absolute Gasteiger partial charge is 0.325 e. The maximum atomic E-state index is 11.8. The highest BCUT2D eigenvalue weighted by Crippen LogP contribution is 2.13. The monoisotopic (exact) mass is 288 g/mol. The van der Waals surface area contributed by atoms with E-state index in [9.17, 15) is 9.59 Å². The van der Waals surface area contributed by atoms with Crippen LogP contribution in [0.15, 0.2) is 36.7 Å². The number of carbonyl (C=O) groups is 2. The fourth-order valence-electron chi connectivity index (χ4n) is 1.89. The van der Waals surface area contributed by atoms with Gasteiger partial charge in [0.25, 0.3) is 0 Å². The Morgan fingerprint density at radius 2 is 2.10 bits per heavy atom. The Hall–Kier alpha value is -2.83. The molecule has 0 spiro atoms. The van der Waals surface area contributed by atoms with Crippen LogP contribution in [0.4, 0.5) is 11.4 Å². The zero-order chi connectivity index (χ0) is 15.2. The standard InChI is InChI=1S/C14H16N4O3/c15-12-4-2-1-3-10(12)5-6-13(19)17-11-7-16-18(8-11)9-14(20)21/h1-4,7-8H,5-6,9,15H2,(H,17,19)(H,20,21). The summed E-state index contributed by atoms with van der Waals surface area (Å²) in [4.78, 5) is 22.4. The van der Waals surface area contributed by atoms with Crippen LogP contribution in [0.25, 0.3) is 0 Å². The SMILES string of the molecule is Nc1ccccc1CCC(=O)Nc1cnn(CC(=O)O)c1. The van der Waals surface area contributed by atoms with Crippen molar-refractivity contribution in [3.8, 4) is 0 Å². The first-order chi connectivity index (χ1) is 10.0. The molecule has 4 N–H and O–H groups in total. The van der Waals surface area contributed by atoms with Crippen molar-refractivity contribution in [3.63, 3.8) is 0 Å². The molecule has 0 aliphatic carbocycles. The summed E-state index contributed by atoms with van der Waals surface area (Å²) in [6.07, 6.45) is 3.72. The van der Waals surface area contributed by atoms with Crippen LogP contribution in [0.1, 0.15) is 12.0 Å². The fraction of sp³-hybridized carbons (Fsp3) is 0.214. The molecule has 0 bridgehead atoms. The van der Waals surface area contributed by atoms with Crippen molar-refractivity contribution < 1.29 is 14.7 Å². The topological polar surface area (TPSA) is 110 Å². The number of nitrogens with two attached hydrogens (primary N) is 1. The van der Waals surface area contributed by atoms with E-state index < -0.39 is 5.97 Å². The van der Waals surface area contributed by atoms with Crippen molar-refractivity contribution in [2.24, 2.45) is 0 Å². The number of hydrogen-bond acceptors (Lipinski definition) is 4. The number of aliphatic carboxylic acids is 1. The molecule has 0 aliphatic heterocycles. The average molecular weight is 288 g/mol. The van der Waals surface area contributed by atoms with Gasteiger partial charge in [-0.15, -0.1) is 0 Å². The number of carboxylic acids is 1. The third kappa shape index (κ3) is 4.34. The number of amides is 1. The molecule has 7 nitrogen and oxygen atoms in total. The van der Waals surface area contributed by atoms with Gasteiger partial charge in [-0.3, -0.25) is 14.3 Å². The van der Waals surface area contributed by atoms with Crippen molar-refractivity contribution >= 4 is 23.3 Å². The van der Waals surface area contributed by atoms with Gasteiger partial charge < -0.3 is 16.2 Å². The number of para-hydroxylation sites is 1. The maximum Gasteiger partial charge on any atom is 0.325 e. The van der Waals surface area contributed by atoms with Crippen LogP contribution >= 0.6 is 0 Å². The van der Waals surface area contributed by atoms with E-state index in [0.717, 1.165) is 5.56 Å². The highest BCUT2D eigenvalue weighted by Gasteiger charge is 2.07. The van der Waals surface area contributed by atoms with Gasteiger partial charge in [-0.25, -0.2) is 0 Å².